The molecule has 1 aromatic rings. The smallest absolute Gasteiger partial charge is 0.0774 e. The van der Waals surface area contributed by atoms with Crippen LogP contribution in [0.15, 0.2) is 30.3 Å². The molecule has 0 heterocycles. The number of hydrogen-bond donors (Lipinski definition) is 1. The number of benzene rings is 1. The van der Waals surface area contributed by atoms with Crippen molar-refractivity contribution in [3.05, 3.63) is 35.9 Å². The van der Waals surface area contributed by atoms with Crippen LogP contribution < -0.4 is 5.32 Å². The number of hydrogen-bond acceptors (Lipinski definition) is 2. The minimum Gasteiger partial charge on any atom is -0.370 e. The van der Waals surface area contributed by atoms with Crippen molar-refractivity contribution >= 4 is 0 Å². The van der Waals surface area contributed by atoms with E-state index in [4.69, 9.17) is 4.74 Å². The van der Waals surface area contributed by atoms with Crippen LogP contribution >= 0.6 is 0 Å². The van der Waals surface area contributed by atoms with Crippen LogP contribution in [0.5, 0.6) is 0 Å². The van der Waals surface area contributed by atoms with E-state index in [0.29, 0.717) is 0 Å². The molecule has 2 nitrogen and oxygen atoms in total. The van der Waals surface area contributed by atoms with Crippen molar-refractivity contribution in [1.82, 2.24) is 5.32 Å². The molecule has 0 saturated heterocycles. The summed E-state index contributed by atoms with van der Waals surface area (Å²) in [5, 5.41) is 3.39. The van der Waals surface area contributed by atoms with Crippen molar-refractivity contribution in [3.63, 3.8) is 0 Å². The first-order valence-electron chi connectivity index (χ1n) is 6.94. The Balaban J connectivity index is 2.85. The van der Waals surface area contributed by atoms with Crippen molar-refractivity contribution in [2.75, 3.05) is 7.05 Å². The summed E-state index contributed by atoms with van der Waals surface area (Å²) in [5.74, 6) is 0. The molecule has 0 bridgehead atoms. The highest BCUT2D eigenvalue weighted by Gasteiger charge is 2.27. The molecule has 0 amide bonds. The van der Waals surface area contributed by atoms with Crippen LogP contribution in [0.1, 0.15) is 52.1 Å². The SMILES string of the molecule is CCC(OC(C)(C)CC)C(NC)c1ccccc1. The van der Waals surface area contributed by atoms with Crippen molar-refractivity contribution in [2.45, 2.75) is 58.3 Å². The highest BCUT2D eigenvalue weighted by atomic mass is 16.5. The molecule has 18 heavy (non-hydrogen) atoms. The Morgan fingerprint density at radius 3 is 2.22 bits per heavy atom. The van der Waals surface area contributed by atoms with Crippen LogP contribution in [0.25, 0.3) is 0 Å². The monoisotopic (exact) mass is 249 g/mol. The third kappa shape index (κ3) is 4.11. The van der Waals surface area contributed by atoms with Crippen LogP contribution in [0, 0.1) is 0 Å². The van der Waals surface area contributed by atoms with E-state index in [9.17, 15) is 0 Å². The zero-order chi connectivity index (χ0) is 13.6. The summed E-state index contributed by atoms with van der Waals surface area (Å²) in [4.78, 5) is 0. The van der Waals surface area contributed by atoms with Gasteiger partial charge in [-0.2, -0.15) is 0 Å². The Kier molecular flexibility index (Phi) is 5.83. The predicted molar refractivity (Wildman–Crippen MR) is 77.8 cm³/mol. The first-order valence-corrected chi connectivity index (χ1v) is 6.94. The highest BCUT2D eigenvalue weighted by Crippen LogP contribution is 2.26. The van der Waals surface area contributed by atoms with Crippen LogP contribution in [0.4, 0.5) is 0 Å². The topological polar surface area (TPSA) is 21.3 Å². The maximum Gasteiger partial charge on any atom is 0.0774 e. The van der Waals surface area contributed by atoms with Gasteiger partial charge in [0.1, 0.15) is 0 Å². The average molecular weight is 249 g/mol. The van der Waals surface area contributed by atoms with Gasteiger partial charge in [0.2, 0.25) is 0 Å². The molecule has 2 atom stereocenters. The molecule has 0 saturated carbocycles. The van der Waals surface area contributed by atoms with E-state index >= 15 is 0 Å². The number of nitrogens with one attached hydrogen (secondary N) is 1. The van der Waals surface area contributed by atoms with E-state index in [-0.39, 0.29) is 17.7 Å². The lowest BCUT2D eigenvalue weighted by Gasteiger charge is -2.34. The van der Waals surface area contributed by atoms with Crippen molar-refractivity contribution in [1.29, 1.82) is 0 Å². The average Bonchev–Trinajstić information content (AvgIpc) is 2.39. The zero-order valence-electron chi connectivity index (χ0n) is 12.4. The summed E-state index contributed by atoms with van der Waals surface area (Å²) in [5.41, 5.74) is 1.23. The molecule has 0 aliphatic carbocycles. The molecule has 1 aromatic carbocycles. The maximum atomic E-state index is 6.28. The fourth-order valence-electron chi connectivity index (χ4n) is 2.11. The highest BCUT2D eigenvalue weighted by molar-refractivity contribution is 5.20. The Hall–Kier alpha value is -0.860. The van der Waals surface area contributed by atoms with Gasteiger partial charge in [-0.05, 0) is 39.3 Å². The van der Waals surface area contributed by atoms with Crippen LogP contribution in [0.2, 0.25) is 0 Å². The van der Waals surface area contributed by atoms with E-state index in [2.05, 4.69) is 57.3 Å². The first kappa shape index (κ1) is 15.2. The quantitative estimate of drug-likeness (QED) is 0.790. The summed E-state index contributed by atoms with van der Waals surface area (Å²) in [7, 11) is 2.00. The lowest BCUT2D eigenvalue weighted by molar-refractivity contribution is -0.0887. The molecule has 2 unspecified atom stereocenters. The minimum absolute atomic E-state index is 0.0649. The van der Waals surface area contributed by atoms with Gasteiger partial charge in [-0.1, -0.05) is 44.2 Å². The second-order valence-corrected chi connectivity index (χ2v) is 5.35. The number of ether oxygens (including phenoxy) is 1. The summed E-state index contributed by atoms with van der Waals surface area (Å²) in [6.45, 7) is 8.67. The van der Waals surface area contributed by atoms with Crippen LogP contribution in [-0.2, 0) is 4.74 Å². The van der Waals surface area contributed by atoms with Gasteiger partial charge >= 0.3 is 0 Å². The second kappa shape index (κ2) is 6.91. The normalized spacial score (nSPS) is 15.4. The molecule has 2 heteroatoms. The van der Waals surface area contributed by atoms with Crippen molar-refractivity contribution < 1.29 is 4.74 Å². The zero-order valence-corrected chi connectivity index (χ0v) is 12.4. The van der Waals surface area contributed by atoms with Crippen molar-refractivity contribution in [2.24, 2.45) is 0 Å². The molecular weight excluding hydrogens is 222 g/mol. The number of rotatable bonds is 7. The molecule has 0 aliphatic heterocycles. The van der Waals surface area contributed by atoms with Gasteiger partial charge in [-0.25, -0.2) is 0 Å². The van der Waals surface area contributed by atoms with Gasteiger partial charge in [0.15, 0.2) is 0 Å². The summed E-state index contributed by atoms with van der Waals surface area (Å²) >= 11 is 0. The predicted octanol–water partition coefficient (Wildman–Crippen LogP) is 3.93. The third-order valence-electron chi connectivity index (χ3n) is 3.57. The molecule has 1 N–H and O–H groups in total. The first-order chi connectivity index (χ1) is 8.54. The van der Waals surface area contributed by atoms with E-state index in [1.807, 2.05) is 13.1 Å². The standard InChI is InChI=1S/C16H27NO/c1-6-14(18-16(3,4)7-2)15(17-5)13-11-9-8-10-12-13/h8-12,14-15,17H,6-7H2,1-5H3. The molecular formula is C16H27NO. The van der Waals surface area contributed by atoms with E-state index in [1.165, 1.54) is 5.56 Å². The molecule has 0 fully saturated rings. The van der Waals surface area contributed by atoms with Gasteiger partial charge in [0.25, 0.3) is 0 Å². The van der Waals surface area contributed by atoms with Gasteiger partial charge in [-0.15, -0.1) is 0 Å². The summed E-state index contributed by atoms with van der Waals surface area (Å²) in [6, 6.07) is 10.8. The second-order valence-electron chi connectivity index (χ2n) is 5.35. The third-order valence-corrected chi connectivity index (χ3v) is 3.57. The Morgan fingerprint density at radius 1 is 1.17 bits per heavy atom. The van der Waals surface area contributed by atoms with Gasteiger partial charge in [0.05, 0.1) is 17.7 Å². The maximum absolute atomic E-state index is 6.28. The van der Waals surface area contributed by atoms with E-state index in [0.717, 1.165) is 12.8 Å². The van der Waals surface area contributed by atoms with Gasteiger partial charge in [0, 0.05) is 0 Å². The Bertz CT molecular complexity index is 334. The Labute approximate surface area is 112 Å². The Morgan fingerprint density at radius 2 is 1.78 bits per heavy atom. The largest absolute Gasteiger partial charge is 0.370 e. The number of likely N-dealkylation sites (N-methyl/N-ethyl adjacent to an activating group) is 1. The minimum atomic E-state index is -0.0649. The molecule has 0 aromatic heterocycles. The lowest BCUT2D eigenvalue weighted by Crippen LogP contribution is -2.38. The molecule has 1 rings (SSSR count). The summed E-state index contributed by atoms with van der Waals surface area (Å²) in [6.07, 6.45) is 2.23. The van der Waals surface area contributed by atoms with Crippen LogP contribution in [-0.4, -0.2) is 18.8 Å². The fourth-order valence-corrected chi connectivity index (χ4v) is 2.11. The van der Waals surface area contributed by atoms with Crippen LogP contribution in [0.3, 0.4) is 0 Å². The van der Waals surface area contributed by atoms with Gasteiger partial charge in [-0.3, -0.25) is 0 Å². The summed E-state index contributed by atoms with van der Waals surface area (Å²) < 4.78 is 6.28. The van der Waals surface area contributed by atoms with Crippen molar-refractivity contribution in [3.8, 4) is 0 Å². The van der Waals surface area contributed by atoms with Gasteiger partial charge < -0.3 is 10.1 Å². The van der Waals surface area contributed by atoms with E-state index in [1.54, 1.807) is 0 Å². The molecule has 0 spiro atoms. The lowest BCUT2D eigenvalue weighted by atomic mass is 9.98. The fraction of sp³-hybridized carbons (Fsp3) is 0.625. The molecule has 102 valence electrons. The molecule has 0 radical (unpaired) electrons. The van der Waals surface area contributed by atoms with E-state index < -0.39 is 0 Å². The molecule has 0 aliphatic rings.